The molecular weight excluding hydrogens is 310 g/mol. The second-order valence-electron chi connectivity index (χ2n) is 6.25. The molecule has 0 spiro atoms. The van der Waals surface area contributed by atoms with Crippen molar-refractivity contribution in [2.24, 2.45) is 0 Å². The number of benzene rings is 4. The molecule has 0 atom stereocenters. The van der Waals surface area contributed by atoms with E-state index in [4.69, 9.17) is 0 Å². The summed E-state index contributed by atoms with van der Waals surface area (Å²) in [6.45, 7) is 0. The van der Waals surface area contributed by atoms with Gasteiger partial charge < -0.3 is 5.21 Å². The molecule has 1 heterocycles. The minimum absolute atomic E-state index is 0.191. The van der Waals surface area contributed by atoms with E-state index >= 15 is 0 Å². The van der Waals surface area contributed by atoms with Gasteiger partial charge in [0.05, 0.1) is 5.56 Å². The van der Waals surface area contributed by atoms with Gasteiger partial charge in [0.1, 0.15) is 5.56 Å². The van der Waals surface area contributed by atoms with Gasteiger partial charge in [-0.05, 0) is 39.7 Å². The van der Waals surface area contributed by atoms with E-state index < -0.39 is 0 Å². The maximum Gasteiger partial charge on any atom is 0.272 e. The summed E-state index contributed by atoms with van der Waals surface area (Å²) in [4.78, 5) is 12.9. The first-order valence-corrected chi connectivity index (χ1v) is 8.13. The highest BCUT2D eigenvalue weighted by Gasteiger charge is 2.36. The molecule has 25 heavy (non-hydrogen) atoms. The summed E-state index contributed by atoms with van der Waals surface area (Å²) >= 11 is 0. The van der Waals surface area contributed by atoms with E-state index in [1.807, 2.05) is 72.8 Å². The van der Waals surface area contributed by atoms with Gasteiger partial charge in [-0.25, -0.2) is 0 Å². The number of carbonyl (C=O) groups is 1. The molecule has 0 fully saturated rings. The number of fused-ring (bicyclic) bond motifs is 3. The van der Waals surface area contributed by atoms with Crippen molar-refractivity contribution in [1.82, 2.24) is 0 Å². The molecule has 0 bridgehead atoms. The van der Waals surface area contributed by atoms with Gasteiger partial charge in [-0.1, -0.05) is 54.6 Å². The predicted octanol–water partition coefficient (Wildman–Crippen LogP) is 4.82. The summed E-state index contributed by atoms with van der Waals surface area (Å²) < 4.78 is 0.772. The summed E-state index contributed by atoms with van der Waals surface area (Å²) in [6, 6.07) is 24.9. The van der Waals surface area contributed by atoms with Crippen molar-refractivity contribution in [3.8, 4) is 0 Å². The first kappa shape index (κ1) is 13.9. The Bertz CT molecular complexity index is 1220. The summed E-state index contributed by atoms with van der Waals surface area (Å²) in [5, 5.41) is 16.9. The maximum absolute atomic E-state index is 12.9. The number of Topliss-reactive ketones (excluding diaryl/α,β-unsaturated/α-hetero) is 1. The van der Waals surface area contributed by atoms with Crippen molar-refractivity contribution in [2.75, 3.05) is 0 Å². The van der Waals surface area contributed by atoms with Crippen molar-refractivity contribution in [1.29, 1.82) is 0 Å². The second-order valence-corrected chi connectivity index (χ2v) is 6.25. The topological polar surface area (TPSA) is 43.1 Å². The van der Waals surface area contributed by atoms with Gasteiger partial charge >= 0.3 is 0 Å². The second kappa shape index (κ2) is 5.02. The molecule has 4 aromatic carbocycles. The smallest absolute Gasteiger partial charge is 0.272 e. The van der Waals surface area contributed by atoms with Gasteiger partial charge in [0.25, 0.3) is 11.5 Å². The fourth-order valence-corrected chi connectivity index (χ4v) is 3.50. The van der Waals surface area contributed by atoms with Crippen LogP contribution in [0.4, 0.5) is 5.69 Å². The molecule has 0 saturated carbocycles. The van der Waals surface area contributed by atoms with Gasteiger partial charge in [0.2, 0.25) is 5.69 Å². The molecule has 5 rings (SSSR count). The van der Waals surface area contributed by atoms with Crippen LogP contribution >= 0.6 is 0 Å². The molecule has 118 valence electrons. The summed E-state index contributed by atoms with van der Waals surface area (Å²) in [6.07, 6.45) is 0. The van der Waals surface area contributed by atoms with E-state index in [1.54, 1.807) is 6.07 Å². The van der Waals surface area contributed by atoms with E-state index in [2.05, 4.69) is 0 Å². The Morgan fingerprint density at radius 3 is 2.00 bits per heavy atom. The van der Waals surface area contributed by atoms with Crippen LogP contribution < -0.4 is 0 Å². The third kappa shape index (κ3) is 1.99. The van der Waals surface area contributed by atoms with E-state index in [1.165, 1.54) is 0 Å². The normalized spacial score (nSPS) is 13.7. The SMILES string of the molecule is O=C1C(c2ccc3ccccc3c2)=[N+]([O-])c2cc3ccccc3cc21. The number of ketones is 1. The molecule has 3 heteroatoms. The molecule has 0 radical (unpaired) electrons. The van der Waals surface area contributed by atoms with Crippen molar-refractivity contribution in [3.63, 3.8) is 0 Å². The first-order chi connectivity index (χ1) is 12.2. The fraction of sp³-hybridized carbons (Fsp3) is 0. The number of hydrogen-bond acceptors (Lipinski definition) is 2. The van der Waals surface area contributed by atoms with Crippen molar-refractivity contribution < 1.29 is 9.53 Å². The molecule has 0 saturated heterocycles. The Morgan fingerprint density at radius 1 is 0.680 bits per heavy atom. The molecule has 1 aliphatic heterocycles. The number of rotatable bonds is 1. The standard InChI is InChI=1S/C22H13NO2/c24-22-19-12-16-7-3-4-8-17(16)13-20(19)23(25)21(22)18-10-9-14-5-1-2-6-15(14)11-18/h1-13H. The highest BCUT2D eigenvalue weighted by atomic mass is 16.5. The third-order valence-electron chi connectivity index (χ3n) is 4.77. The molecule has 0 amide bonds. The highest BCUT2D eigenvalue weighted by Crippen LogP contribution is 2.32. The van der Waals surface area contributed by atoms with Gasteiger partial charge in [0.15, 0.2) is 0 Å². The van der Waals surface area contributed by atoms with Crippen LogP contribution in [0.15, 0.2) is 78.9 Å². The van der Waals surface area contributed by atoms with Crippen molar-refractivity contribution in [3.05, 3.63) is 95.2 Å². The lowest BCUT2D eigenvalue weighted by Crippen LogP contribution is -2.16. The maximum atomic E-state index is 12.9. The Morgan fingerprint density at radius 2 is 1.28 bits per heavy atom. The minimum Gasteiger partial charge on any atom is -0.618 e. The molecule has 0 unspecified atom stereocenters. The molecule has 0 N–H and O–H groups in total. The van der Waals surface area contributed by atoms with E-state index in [9.17, 15) is 10.0 Å². The zero-order valence-electron chi connectivity index (χ0n) is 13.3. The van der Waals surface area contributed by atoms with Crippen LogP contribution in [0.3, 0.4) is 0 Å². The van der Waals surface area contributed by atoms with Gasteiger partial charge in [0, 0.05) is 6.07 Å². The third-order valence-corrected chi connectivity index (χ3v) is 4.77. The number of hydrogen-bond donors (Lipinski definition) is 0. The lowest BCUT2D eigenvalue weighted by Gasteiger charge is -2.04. The van der Waals surface area contributed by atoms with E-state index in [0.29, 0.717) is 16.8 Å². The summed E-state index contributed by atoms with van der Waals surface area (Å²) in [7, 11) is 0. The van der Waals surface area contributed by atoms with Crippen LogP contribution in [0.25, 0.3) is 21.5 Å². The molecule has 1 aliphatic rings. The van der Waals surface area contributed by atoms with Crippen molar-refractivity contribution in [2.45, 2.75) is 0 Å². The Hall–Kier alpha value is -3.46. The van der Waals surface area contributed by atoms with E-state index in [-0.39, 0.29) is 11.5 Å². The number of carbonyl (C=O) groups excluding carboxylic acids is 1. The molecular formula is C22H13NO2. The Kier molecular flexibility index (Phi) is 2.80. The van der Waals surface area contributed by atoms with Gasteiger partial charge in [-0.2, -0.15) is 4.74 Å². The number of nitrogens with zero attached hydrogens (tertiary/aromatic N) is 1. The molecule has 0 aromatic heterocycles. The van der Waals surface area contributed by atoms with Gasteiger partial charge in [-0.3, -0.25) is 4.79 Å². The van der Waals surface area contributed by atoms with E-state index in [0.717, 1.165) is 26.3 Å². The average molecular weight is 323 g/mol. The Labute approximate surface area is 144 Å². The van der Waals surface area contributed by atoms with Crippen LogP contribution in [0.5, 0.6) is 0 Å². The van der Waals surface area contributed by atoms with Gasteiger partial charge in [-0.15, -0.1) is 0 Å². The van der Waals surface area contributed by atoms with Crippen LogP contribution in [0.2, 0.25) is 0 Å². The fourth-order valence-electron chi connectivity index (χ4n) is 3.50. The summed E-state index contributed by atoms with van der Waals surface area (Å²) in [5.41, 5.74) is 1.73. The average Bonchev–Trinajstić information content (AvgIpc) is 2.90. The zero-order chi connectivity index (χ0) is 17.0. The van der Waals surface area contributed by atoms with Crippen LogP contribution in [-0.4, -0.2) is 16.2 Å². The van der Waals surface area contributed by atoms with Crippen LogP contribution in [0.1, 0.15) is 15.9 Å². The lowest BCUT2D eigenvalue weighted by molar-refractivity contribution is -0.355. The summed E-state index contributed by atoms with van der Waals surface area (Å²) in [5.74, 6) is -0.217. The predicted molar refractivity (Wildman–Crippen MR) is 99.6 cm³/mol. The Balaban J connectivity index is 1.73. The molecule has 4 aromatic rings. The highest BCUT2D eigenvalue weighted by molar-refractivity contribution is 6.52. The lowest BCUT2D eigenvalue weighted by atomic mass is 9.98. The zero-order valence-corrected chi connectivity index (χ0v) is 13.3. The monoisotopic (exact) mass is 323 g/mol. The van der Waals surface area contributed by atoms with Crippen LogP contribution in [0, 0.1) is 5.21 Å². The molecule has 3 nitrogen and oxygen atoms in total. The first-order valence-electron chi connectivity index (χ1n) is 8.13. The largest absolute Gasteiger partial charge is 0.618 e. The van der Waals surface area contributed by atoms with Crippen LogP contribution in [-0.2, 0) is 0 Å². The quantitative estimate of drug-likeness (QED) is 0.372. The minimum atomic E-state index is -0.217. The molecule has 0 aliphatic carbocycles. The van der Waals surface area contributed by atoms with Crippen molar-refractivity contribution >= 4 is 38.7 Å².